The van der Waals surface area contributed by atoms with Gasteiger partial charge in [-0.2, -0.15) is 0 Å². The molecule has 0 aliphatic heterocycles. The first-order chi connectivity index (χ1) is 13.5. The van der Waals surface area contributed by atoms with Gasteiger partial charge in [0.05, 0.1) is 6.10 Å². The van der Waals surface area contributed by atoms with E-state index < -0.39 is 6.10 Å². The van der Waals surface area contributed by atoms with Gasteiger partial charge >= 0.3 is 0 Å². The van der Waals surface area contributed by atoms with Crippen molar-refractivity contribution in [3.63, 3.8) is 0 Å². The predicted molar refractivity (Wildman–Crippen MR) is 110 cm³/mol. The lowest BCUT2D eigenvalue weighted by Crippen LogP contribution is -2.20. The molecular weight excluding hydrogens is 398 g/mol. The van der Waals surface area contributed by atoms with Crippen molar-refractivity contribution in [3.8, 4) is 11.5 Å². The molecule has 0 aliphatic carbocycles. The predicted octanol–water partition coefficient (Wildman–Crippen LogP) is 3.89. The van der Waals surface area contributed by atoms with E-state index in [1.54, 1.807) is 24.3 Å². The van der Waals surface area contributed by atoms with Crippen LogP contribution in [0, 0.1) is 6.92 Å². The lowest BCUT2D eigenvalue weighted by molar-refractivity contribution is 0.126. The summed E-state index contributed by atoms with van der Waals surface area (Å²) in [4.78, 5) is 0. The molecule has 3 aromatic rings. The molecule has 0 bridgehead atoms. The van der Waals surface area contributed by atoms with E-state index in [4.69, 9.17) is 21.1 Å². The Bertz CT molecular complexity index is 885. The monoisotopic (exact) mass is 419 g/mol. The van der Waals surface area contributed by atoms with Crippen molar-refractivity contribution in [1.29, 1.82) is 0 Å². The highest BCUT2D eigenvalue weighted by Crippen LogP contribution is 2.20. The zero-order valence-electron chi connectivity index (χ0n) is 15.7. The van der Waals surface area contributed by atoms with Crippen LogP contribution in [-0.2, 0) is 13.7 Å². The molecule has 1 N–H and O–H groups in total. The van der Waals surface area contributed by atoms with Crippen LogP contribution in [0.15, 0.2) is 53.7 Å². The number of nitrogens with zero attached hydrogens (tertiary/aromatic N) is 3. The third-order valence-electron chi connectivity index (χ3n) is 3.97. The number of benzene rings is 2. The summed E-state index contributed by atoms with van der Waals surface area (Å²) in [5.41, 5.74) is 1.17. The number of aryl methyl sites for hydroxylation is 1. The van der Waals surface area contributed by atoms with Gasteiger partial charge in [-0.3, -0.25) is 0 Å². The number of aliphatic hydroxyl groups excluding tert-OH is 1. The van der Waals surface area contributed by atoms with Crippen molar-refractivity contribution in [3.05, 3.63) is 64.9 Å². The van der Waals surface area contributed by atoms with Crippen LogP contribution in [0.4, 0.5) is 0 Å². The van der Waals surface area contributed by atoms with Crippen LogP contribution >= 0.6 is 23.4 Å². The number of hydrogen-bond acceptors (Lipinski definition) is 6. The maximum absolute atomic E-state index is 10.2. The second-order valence-electron chi connectivity index (χ2n) is 6.29. The van der Waals surface area contributed by atoms with E-state index in [1.165, 1.54) is 17.3 Å². The largest absolute Gasteiger partial charge is 0.491 e. The van der Waals surface area contributed by atoms with E-state index in [0.29, 0.717) is 34.1 Å². The third-order valence-corrected chi connectivity index (χ3v) is 5.39. The van der Waals surface area contributed by atoms with Crippen LogP contribution in [0.2, 0.25) is 5.02 Å². The summed E-state index contributed by atoms with van der Waals surface area (Å²) in [5, 5.41) is 19.9. The van der Waals surface area contributed by atoms with Crippen molar-refractivity contribution in [1.82, 2.24) is 14.8 Å². The zero-order valence-corrected chi connectivity index (χ0v) is 17.3. The summed E-state index contributed by atoms with van der Waals surface area (Å²) in [5.74, 6) is 2.61. The van der Waals surface area contributed by atoms with Gasteiger partial charge in [-0.15, -0.1) is 10.2 Å². The quantitative estimate of drug-likeness (QED) is 0.530. The average Bonchev–Trinajstić information content (AvgIpc) is 3.05. The van der Waals surface area contributed by atoms with Crippen LogP contribution < -0.4 is 9.47 Å². The fraction of sp³-hybridized carbons (Fsp3) is 0.300. The van der Waals surface area contributed by atoms with Gasteiger partial charge in [-0.05, 0) is 43.3 Å². The molecule has 1 aromatic heterocycles. The summed E-state index contributed by atoms with van der Waals surface area (Å²) in [7, 11) is 1.87. The molecule has 2 aromatic carbocycles. The van der Waals surface area contributed by atoms with E-state index >= 15 is 0 Å². The molecular formula is C20H22ClN3O3S. The zero-order chi connectivity index (χ0) is 19.9. The number of halogens is 1. The fourth-order valence-electron chi connectivity index (χ4n) is 2.32. The SMILES string of the molecule is Cc1ccc(OC[C@@H](O)CSc2nnc(COc3ccc(Cl)cc3)n2C)cc1. The molecule has 1 atom stereocenters. The molecule has 3 rings (SSSR count). The molecule has 28 heavy (non-hydrogen) atoms. The molecule has 0 radical (unpaired) electrons. The Labute approximate surface area is 173 Å². The number of aliphatic hydroxyl groups is 1. The normalized spacial score (nSPS) is 12.0. The molecule has 0 fully saturated rings. The minimum absolute atomic E-state index is 0.223. The minimum atomic E-state index is -0.614. The van der Waals surface area contributed by atoms with Gasteiger partial charge in [-0.1, -0.05) is 41.1 Å². The fourth-order valence-corrected chi connectivity index (χ4v) is 3.28. The molecule has 8 heteroatoms. The highest BCUT2D eigenvalue weighted by atomic mass is 35.5. The molecule has 6 nitrogen and oxygen atoms in total. The first-order valence-corrected chi connectivity index (χ1v) is 10.1. The molecule has 0 unspecified atom stereocenters. The van der Waals surface area contributed by atoms with Crippen molar-refractivity contribution in [2.24, 2.45) is 7.05 Å². The molecule has 148 valence electrons. The van der Waals surface area contributed by atoms with Gasteiger partial charge in [0.25, 0.3) is 0 Å². The average molecular weight is 420 g/mol. The molecule has 1 heterocycles. The molecule has 0 saturated heterocycles. The summed E-state index contributed by atoms with van der Waals surface area (Å²) in [6.45, 7) is 2.54. The topological polar surface area (TPSA) is 69.4 Å². The maximum Gasteiger partial charge on any atom is 0.191 e. The molecule has 0 aliphatic rings. The van der Waals surface area contributed by atoms with Crippen molar-refractivity contribution in [2.45, 2.75) is 24.8 Å². The van der Waals surface area contributed by atoms with Gasteiger partial charge in [0.15, 0.2) is 11.0 Å². The van der Waals surface area contributed by atoms with Crippen molar-refractivity contribution >= 4 is 23.4 Å². The van der Waals surface area contributed by atoms with Crippen LogP contribution in [0.5, 0.6) is 11.5 Å². The van der Waals surface area contributed by atoms with Crippen LogP contribution in [0.25, 0.3) is 0 Å². The second kappa shape index (κ2) is 9.82. The molecule has 0 saturated carbocycles. The Balaban J connectivity index is 1.45. The number of thioether (sulfide) groups is 1. The van der Waals surface area contributed by atoms with Crippen molar-refractivity contribution in [2.75, 3.05) is 12.4 Å². The van der Waals surface area contributed by atoms with Crippen LogP contribution in [0.3, 0.4) is 0 Å². The summed E-state index contributed by atoms with van der Waals surface area (Å²) in [6.07, 6.45) is -0.614. The van der Waals surface area contributed by atoms with Gasteiger partial charge in [-0.25, -0.2) is 0 Å². The van der Waals surface area contributed by atoms with E-state index in [0.717, 1.165) is 5.75 Å². The van der Waals surface area contributed by atoms with Crippen LogP contribution in [-0.4, -0.2) is 38.3 Å². The lowest BCUT2D eigenvalue weighted by atomic mass is 10.2. The summed E-state index contributed by atoms with van der Waals surface area (Å²) < 4.78 is 13.2. The Morgan fingerprint density at radius 3 is 2.39 bits per heavy atom. The molecule has 0 amide bonds. The highest BCUT2D eigenvalue weighted by Gasteiger charge is 2.13. The van der Waals surface area contributed by atoms with E-state index in [9.17, 15) is 5.11 Å². The Morgan fingerprint density at radius 2 is 1.68 bits per heavy atom. The molecule has 0 spiro atoms. The van der Waals surface area contributed by atoms with Crippen LogP contribution in [0.1, 0.15) is 11.4 Å². The second-order valence-corrected chi connectivity index (χ2v) is 7.71. The smallest absolute Gasteiger partial charge is 0.191 e. The number of rotatable bonds is 9. The van der Waals surface area contributed by atoms with Gasteiger partial charge in [0.2, 0.25) is 0 Å². The van der Waals surface area contributed by atoms with E-state index in [2.05, 4.69) is 10.2 Å². The Kier molecular flexibility index (Phi) is 7.19. The minimum Gasteiger partial charge on any atom is -0.491 e. The van der Waals surface area contributed by atoms with E-state index in [-0.39, 0.29) is 6.61 Å². The third kappa shape index (κ3) is 5.89. The highest BCUT2D eigenvalue weighted by molar-refractivity contribution is 7.99. The lowest BCUT2D eigenvalue weighted by Gasteiger charge is -2.12. The summed E-state index contributed by atoms with van der Waals surface area (Å²) in [6, 6.07) is 14.9. The van der Waals surface area contributed by atoms with Crippen molar-refractivity contribution < 1.29 is 14.6 Å². The van der Waals surface area contributed by atoms with Gasteiger partial charge in [0, 0.05) is 17.8 Å². The van der Waals surface area contributed by atoms with E-state index in [1.807, 2.05) is 42.8 Å². The standard InChI is InChI=1S/C20H22ClN3O3S/c1-14-3-7-17(8-4-14)26-11-16(25)13-28-20-23-22-19(24(20)2)12-27-18-9-5-15(21)6-10-18/h3-10,16,25H,11-13H2,1-2H3/t16-/m1/s1. The maximum atomic E-state index is 10.2. The Morgan fingerprint density at radius 1 is 1.04 bits per heavy atom. The number of hydrogen-bond donors (Lipinski definition) is 1. The number of ether oxygens (including phenoxy) is 2. The van der Waals surface area contributed by atoms with Gasteiger partial charge in [0.1, 0.15) is 24.7 Å². The first-order valence-electron chi connectivity index (χ1n) is 8.78. The number of aromatic nitrogens is 3. The first kappa shape index (κ1) is 20.5. The summed E-state index contributed by atoms with van der Waals surface area (Å²) >= 11 is 7.29. The Hall–Kier alpha value is -2.22. The van der Waals surface area contributed by atoms with Gasteiger partial charge < -0.3 is 19.1 Å².